The first kappa shape index (κ1) is 8.57. The first-order valence-corrected chi connectivity index (χ1v) is 3.52. The number of halogens is 1. The van der Waals surface area contributed by atoms with Crippen molar-refractivity contribution < 1.29 is 4.79 Å². The molecule has 1 aromatic rings. The van der Waals surface area contributed by atoms with Crippen LogP contribution >= 0.6 is 11.6 Å². The number of benzene rings is 1. The van der Waals surface area contributed by atoms with Gasteiger partial charge in [-0.25, -0.2) is 0 Å². The number of rotatable bonds is 1. The number of hydrogen-bond acceptors (Lipinski definition) is 2. The van der Waals surface area contributed by atoms with Crippen LogP contribution in [-0.2, 0) is 0 Å². The maximum Gasteiger partial charge on any atom is 0.248 e. The monoisotopic (exact) mass is 180 g/mol. The molecule has 0 aromatic heterocycles. The molecule has 0 unspecified atom stereocenters. The van der Waals surface area contributed by atoms with Crippen molar-refractivity contribution in [2.24, 2.45) is 5.73 Å². The zero-order chi connectivity index (χ0) is 9.14. The molecule has 0 spiro atoms. The fourth-order valence-electron chi connectivity index (χ4n) is 0.796. The van der Waals surface area contributed by atoms with Crippen LogP contribution in [0.25, 0.3) is 0 Å². The largest absolute Gasteiger partial charge is 0.366 e. The minimum Gasteiger partial charge on any atom is -0.366 e. The quantitative estimate of drug-likeness (QED) is 0.708. The Balaban J connectivity index is 3.26. The Kier molecular flexibility index (Phi) is 2.32. The summed E-state index contributed by atoms with van der Waals surface area (Å²) < 4.78 is 0. The SMILES string of the molecule is N#Cc1cc(Cl)cc(C(N)=O)c1. The van der Waals surface area contributed by atoms with Gasteiger partial charge in [0.2, 0.25) is 5.91 Å². The van der Waals surface area contributed by atoms with Gasteiger partial charge in [-0.15, -0.1) is 0 Å². The number of amides is 1. The zero-order valence-electron chi connectivity index (χ0n) is 6.04. The highest BCUT2D eigenvalue weighted by molar-refractivity contribution is 6.31. The Bertz CT molecular complexity index is 368. The van der Waals surface area contributed by atoms with Crippen molar-refractivity contribution in [3.63, 3.8) is 0 Å². The van der Waals surface area contributed by atoms with Crippen LogP contribution in [0.1, 0.15) is 15.9 Å². The van der Waals surface area contributed by atoms with E-state index < -0.39 is 5.91 Å². The van der Waals surface area contributed by atoms with E-state index in [1.54, 1.807) is 0 Å². The van der Waals surface area contributed by atoms with Crippen molar-refractivity contribution in [1.29, 1.82) is 5.26 Å². The molecule has 0 heterocycles. The van der Waals surface area contributed by atoms with E-state index in [2.05, 4.69) is 0 Å². The summed E-state index contributed by atoms with van der Waals surface area (Å²) in [4.78, 5) is 10.7. The molecule has 0 bridgehead atoms. The normalized spacial score (nSPS) is 9.00. The number of carbonyl (C=O) groups is 1. The van der Waals surface area contributed by atoms with Gasteiger partial charge < -0.3 is 5.73 Å². The molecule has 60 valence electrons. The fraction of sp³-hybridized carbons (Fsp3) is 0. The topological polar surface area (TPSA) is 66.9 Å². The summed E-state index contributed by atoms with van der Waals surface area (Å²) in [5.74, 6) is -0.589. The third kappa shape index (κ3) is 1.74. The third-order valence-electron chi connectivity index (χ3n) is 1.31. The van der Waals surface area contributed by atoms with E-state index in [1.807, 2.05) is 6.07 Å². The molecule has 3 nitrogen and oxygen atoms in total. The molecule has 12 heavy (non-hydrogen) atoms. The van der Waals surface area contributed by atoms with Gasteiger partial charge >= 0.3 is 0 Å². The number of carbonyl (C=O) groups excluding carboxylic acids is 1. The zero-order valence-corrected chi connectivity index (χ0v) is 6.80. The minimum atomic E-state index is -0.589. The number of nitrogens with zero attached hydrogens (tertiary/aromatic N) is 1. The summed E-state index contributed by atoms with van der Waals surface area (Å²) in [5.41, 5.74) is 5.58. The van der Waals surface area contributed by atoms with Gasteiger partial charge in [0.15, 0.2) is 0 Å². The Morgan fingerprint density at radius 2 is 2.17 bits per heavy atom. The third-order valence-corrected chi connectivity index (χ3v) is 1.53. The lowest BCUT2D eigenvalue weighted by atomic mass is 10.1. The van der Waals surface area contributed by atoms with Gasteiger partial charge in [-0.2, -0.15) is 5.26 Å². The van der Waals surface area contributed by atoms with Crippen molar-refractivity contribution in [3.8, 4) is 6.07 Å². The number of nitriles is 1. The summed E-state index contributed by atoms with van der Waals surface area (Å²) in [6.07, 6.45) is 0. The molecular weight excluding hydrogens is 176 g/mol. The van der Waals surface area contributed by atoms with Crippen LogP contribution in [0, 0.1) is 11.3 Å². The molecule has 2 N–H and O–H groups in total. The van der Waals surface area contributed by atoms with Crippen LogP contribution in [0.15, 0.2) is 18.2 Å². The van der Waals surface area contributed by atoms with Crippen LogP contribution in [0.4, 0.5) is 0 Å². The average Bonchev–Trinajstić information content (AvgIpc) is 2.03. The van der Waals surface area contributed by atoms with Crippen LogP contribution < -0.4 is 5.73 Å². The van der Waals surface area contributed by atoms with E-state index in [0.29, 0.717) is 10.6 Å². The molecule has 0 radical (unpaired) electrons. The Hall–Kier alpha value is -1.53. The van der Waals surface area contributed by atoms with Gasteiger partial charge in [0.25, 0.3) is 0 Å². The smallest absolute Gasteiger partial charge is 0.248 e. The highest BCUT2D eigenvalue weighted by Gasteiger charge is 2.03. The van der Waals surface area contributed by atoms with Crippen LogP contribution in [-0.4, -0.2) is 5.91 Å². The van der Waals surface area contributed by atoms with Crippen LogP contribution in [0.3, 0.4) is 0 Å². The second-order valence-corrected chi connectivity index (χ2v) is 2.64. The highest BCUT2D eigenvalue weighted by Crippen LogP contribution is 2.13. The molecule has 0 aliphatic carbocycles. The van der Waals surface area contributed by atoms with E-state index in [-0.39, 0.29) is 5.56 Å². The van der Waals surface area contributed by atoms with Gasteiger partial charge in [-0.3, -0.25) is 4.79 Å². The maximum atomic E-state index is 10.7. The first-order chi connectivity index (χ1) is 5.63. The van der Waals surface area contributed by atoms with Gasteiger partial charge in [-0.1, -0.05) is 11.6 Å². The molecule has 1 amide bonds. The second kappa shape index (κ2) is 3.24. The van der Waals surface area contributed by atoms with Gasteiger partial charge in [0.1, 0.15) is 0 Å². The lowest BCUT2D eigenvalue weighted by molar-refractivity contribution is 0.100. The van der Waals surface area contributed by atoms with Gasteiger partial charge in [0, 0.05) is 10.6 Å². The van der Waals surface area contributed by atoms with Crippen LogP contribution in [0.5, 0.6) is 0 Å². The first-order valence-electron chi connectivity index (χ1n) is 3.14. The molecule has 0 fully saturated rings. The van der Waals surface area contributed by atoms with E-state index in [0.717, 1.165) is 0 Å². The Morgan fingerprint density at radius 1 is 1.50 bits per heavy atom. The highest BCUT2D eigenvalue weighted by atomic mass is 35.5. The number of hydrogen-bond donors (Lipinski definition) is 1. The predicted octanol–water partition coefficient (Wildman–Crippen LogP) is 1.31. The molecular formula is C8H5ClN2O. The standard InChI is InChI=1S/C8H5ClN2O/c9-7-2-5(4-10)1-6(3-7)8(11)12/h1-3H,(H2,11,12). The minimum absolute atomic E-state index is 0.249. The average molecular weight is 181 g/mol. The summed E-state index contributed by atoms with van der Waals surface area (Å²) in [7, 11) is 0. The van der Waals surface area contributed by atoms with Crippen molar-refractivity contribution in [2.45, 2.75) is 0 Å². The maximum absolute atomic E-state index is 10.7. The second-order valence-electron chi connectivity index (χ2n) is 2.20. The van der Waals surface area contributed by atoms with Crippen molar-refractivity contribution >= 4 is 17.5 Å². The van der Waals surface area contributed by atoms with Gasteiger partial charge in [-0.05, 0) is 18.2 Å². The molecule has 0 saturated heterocycles. The lowest BCUT2D eigenvalue weighted by Crippen LogP contribution is -2.10. The van der Waals surface area contributed by atoms with E-state index >= 15 is 0 Å². The summed E-state index contributed by atoms with van der Waals surface area (Å²) >= 11 is 5.61. The summed E-state index contributed by atoms with van der Waals surface area (Å²) in [6.45, 7) is 0. The molecule has 4 heteroatoms. The summed E-state index contributed by atoms with van der Waals surface area (Å²) in [5, 5.41) is 8.84. The molecule has 0 aliphatic heterocycles. The number of nitrogens with two attached hydrogens (primary N) is 1. The van der Waals surface area contributed by atoms with E-state index in [4.69, 9.17) is 22.6 Å². The van der Waals surface area contributed by atoms with E-state index in [9.17, 15) is 4.79 Å². The molecule has 1 rings (SSSR count). The van der Waals surface area contributed by atoms with Crippen LogP contribution in [0.2, 0.25) is 5.02 Å². The lowest BCUT2D eigenvalue weighted by Gasteiger charge is -1.96. The van der Waals surface area contributed by atoms with Crippen molar-refractivity contribution in [1.82, 2.24) is 0 Å². The van der Waals surface area contributed by atoms with Gasteiger partial charge in [0.05, 0.1) is 11.6 Å². The Morgan fingerprint density at radius 3 is 2.67 bits per heavy atom. The predicted molar refractivity (Wildman–Crippen MR) is 44.7 cm³/mol. The fourth-order valence-corrected chi connectivity index (χ4v) is 1.03. The molecule has 0 atom stereocenters. The summed E-state index contributed by atoms with van der Waals surface area (Å²) in [6, 6.07) is 6.16. The molecule has 0 aliphatic rings. The number of primary amides is 1. The molecule has 1 aromatic carbocycles. The Labute approximate surface area is 74.4 Å². The molecule has 0 saturated carbocycles. The van der Waals surface area contributed by atoms with Crippen molar-refractivity contribution in [2.75, 3.05) is 0 Å². The van der Waals surface area contributed by atoms with Crippen molar-refractivity contribution in [3.05, 3.63) is 34.3 Å². The van der Waals surface area contributed by atoms with E-state index in [1.165, 1.54) is 18.2 Å².